The van der Waals surface area contributed by atoms with E-state index in [9.17, 15) is 14.7 Å². The van der Waals surface area contributed by atoms with Gasteiger partial charge in [0.05, 0.1) is 12.0 Å². The van der Waals surface area contributed by atoms with Crippen molar-refractivity contribution in [2.75, 3.05) is 13.1 Å². The van der Waals surface area contributed by atoms with E-state index in [1.807, 2.05) is 20.8 Å². The fraction of sp³-hybridized carbons (Fsp3) is 0.875. The molecule has 0 spiro atoms. The van der Waals surface area contributed by atoms with Crippen molar-refractivity contribution in [2.24, 2.45) is 0 Å². The van der Waals surface area contributed by atoms with E-state index in [0.29, 0.717) is 13.1 Å². The number of likely N-dealkylation sites (tertiary alicyclic amines) is 1. The summed E-state index contributed by atoms with van der Waals surface area (Å²) in [5.41, 5.74) is -0.997. The number of carbonyl (C=O) groups is 2. The van der Waals surface area contributed by atoms with Crippen LogP contribution in [0.4, 0.5) is 4.79 Å². The molecule has 1 aliphatic carbocycles. The molecular weight excluding hydrogens is 284 g/mol. The van der Waals surface area contributed by atoms with Gasteiger partial charge in [-0.15, -0.1) is 0 Å². The number of rotatable bonds is 5. The molecule has 1 aliphatic heterocycles. The molecule has 1 amide bonds. The van der Waals surface area contributed by atoms with Crippen molar-refractivity contribution >= 4 is 12.1 Å². The number of ether oxygens (including phenoxy) is 1. The zero-order chi connectivity index (χ0) is 16.6. The zero-order valence-electron chi connectivity index (χ0n) is 14.1. The number of carboxylic acid groups (broad SMARTS) is 1. The molecule has 0 aromatic heterocycles. The first-order valence-electron chi connectivity index (χ1n) is 8.08. The van der Waals surface area contributed by atoms with Crippen LogP contribution in [-0.2, 0) is 9.53 Å². The van der Waals surface area contributed by atoms with Crippen molar-refractivity contribution in [3.63, 3.8) is 0 Å². The van der Waals surface area contributed by atoms with Crippen molar-refractivity contribution in [1.82, 2.24) is 10.2 Å². The largest absolute Gasteiger partial charge is 0.481 e. The average molecular weight is 312 g/mol. The van der Waals surface area contributed by atoms with Crippen LogP contribution < -0.4 is 5.32 Å². The highest BCUT2D eigenvalue weighted by molar-refractivity contribution is 5.73. The Morgan fingerprint density at radius 1 is 1.23 bits per heavy atom. The van der Waals surface area contributed by atoms with E-state index < -0.39 is 17.1 Å². The minimum atomic E-state index is -0.832. The molecule has 126 valence electrons. The van der Waals surface area contributed by atoms with E-state index in [1.165, 1.54) is 6.42 Å². The molecule has 2 aliphatic rings. The molecule has 2 fully saturated rings. The van der Waals surface area contributed by atoms with Gasteiger partial charge in [0.15, 0.2) is 0 Å². The first-order chi connectivity index (χ1) is 10.1. The smallest absolute Gasteiger partial charge is 0.410 e. The van der Waals surface area contributed by atoms with E-state index in [4.69, 9.17) is 4.74 Å². The third-order valence-corrected chi connectivity index (χ3v) is 4.65. The van der Waals surface area contributed by atoms with Crippen LogP contribution in [0.2, 0.25) is 0 Å². The van der Waals surface area contributed by atoms with Gasteiger partial charge in [-0.05, 0) is 46.5 Å². The number of carbonyl (C=O) groups excluding carboxylic acids is 1. The monoisotopic (exact) mass is 312 g/mol. The summed E-state index contributed by atoms with van der Waals surface area (Å²) < 4.78 is 5.35. The van der Waals surface area contributed by atoms with Gasteiger partial charge < -0.3 is 20.1 Å². The van der Waals surface area contributed by atoms with E-state index in [-0.39, 0.29) is 18.1 Å². The molecule has 1 saturated carbocycles. The van der Waals surface area contributed by atoms with Crippen LogP contribution in [0.15, 0.2) is 0 Å². The Hall–Kier alpha value is -1.30. The summed E-state index contributed by atoms with van der Waals surface area (Å²) in [6, 6.07) is 0. The second-order valence-electron chi connectivity index (χ2n) is 7.80. The molecule has 0 unspecified atom stereocenters. The molecule has 0 radical (unpaired) electrons. The molecule has 0 atom stereocenters. The number of hydrogen-bond acceptors (Lipinski definition) is 4. The average Bonchev–Trinajstić information content (AvgIpc) is 2.26. The van der Waals surface area contributed by atoms with Gasteiger partial charge in [0.25, 0.3) is 0 Å². The van der Waals surface area contributed by atoms with Gasteiger partial charge in [-0.2, -0.15) is 0 Å². The summed E-state index contributed by atoms with van der Waals surface area (Å²) in [6.45, 7) is 8.41. The molecule has 0 aromatic carbocycles. The Bertz CT molecular complexity index is 440. The molecule has 2 rings (SSSR count). The highest BCUT2D eigenvalue weighted by atomic mass is 16.6. The molecular formula is C16H28N2O4. The number of amides is 1. The van der Waals surface area contributed by atoms with Gasteiger partial charge in [-0.3, -0.25) is 4.79 Å². The summed E-state index contributed by atoms with van der Waals surface area (Å²) in [6.07, 6.45) is 4.00. The van der Waals surface area contributed by atoms with Crippen LogP contribution in [0.25, 0.3) is 0 Å². The highest BCUT2D eigenvalue weighted by Gasteiger charge is 2.52. The lowest BCUT2D eigenvalue weighted by Gasteiger charge is -2.56. The first kappa shape index (κ1) is 17.1. The SMILES string of the molecule is CCC1(NC2(CC(=O)O)CN(C(=O)OC(C)(C)C)C2)CCC1. The molecule has 0 aromatic rings. The van der Waals surface area contributed by atoms with Gasteiger partial charge in [-0.25, -0.2) is 4.79 Å². The fourth-order valence-corrected chi connectivity index (χ4v) is 3.40. The van der Waals surface area contributed by atoms with Gasteiger partial charge in [-0.1, -0.05) is 6.92 Å². The van der Waals surface area contributed by atoms with Crippen LogP contribution in [0.5, 0.6) is 0 Å². The van der Waals surface area contributed by atoms with Crippen LogP contribution >= 0.6 is 0 Å². The minimum absolute atomic E-state index is 0.0358. The summed E-state index contributed by atoms with van der Waals surface area (Å²) in [5.74, 6) is -0.832. The zero-order valence-corrected chi connectivity index (χ0v) is 14.1. The third-order valence-electron chi connectivity index (χ3n) is 4.65. The minimum Gasteiger partial charge on any atom is -0.481 e. The maximum atomic E-state index is 12.1. The first-order valence-corrected chi connectivity index (χ1v) is 8.08. The third kappa shape index (κ3) is 3.72. The number of nitrogens with zero attached hydrogens (tertiary/aromatic N) is 1. The molecule has 22 heavy (non-hydrogen) atoms. The number of carboxylic acids is 1. The maximum Gasteiger partial charge on any atom is 0.410 e. The standard InChI is InChI=1S/C16H28N2O4/c1-5-15(7-6-8-15)17-16(9-12(19)20)10-18(11-16)13(21)22-14(2,3)4/h17H,5-11H2,1-4H3,(H,19,20). The van der Waals surface area contributed by atoms with Crippen molar-refractivity contribution in [3.8, 4) is 0 Å². The summed E-state index contributed by atoms with van der Waals surface area (Å²) >= 11 is 0. The van der Waals surface area contributed by atoms with Crippen molar-refractivity contribution < 1.29 is 19.4 Å². The van der Waals surface area contributed by atoms with E-state index >= 15 is 0 Å². The van der Waals surface area contributed by atoms with Crippen LogP contribution in [0, 0.1) is 0 Å². The quantitative estimate of drug-likeness (QED) is 0.815. The lowest BCUT2D eigenvalue weighted by molar-refractivity contribution is -0.142. The van der Waals surface area contributed by atoms with Crippen molar-refractivity contribution in [1.29, 1.82) is 0 Å². The normalized spacial score (nSPS) is 22.5. The molecule has 1 heterocycles. The van der Waals surface area contributed by atoms with Crippen LogP contribution in [0.3, 0.4) is 0 Å². The van der Waals surface area contributed by atoms with Gasteiger partial charge in [0.1, 0.15) is 5.60 Å². The van der Waals surface area contributed by atoms with Crippen molar-refractivity contribution in [3.05, 3.63) is 0 Å². The summed E-state index contributed by atoms with van der Waals surface area (Å²) in [7, 11) is 0. The molecule has 2 N–H and O–H groups in total. The molecule has 1 saturated heterocycles. The number of nitrogens with one attached hydrogen (secondary N) is 1. The predicted octanol–water partition coefficient (Wildman–Crippen LogP) is 2.37. The Kier molecular flexibility index (Phi) is 4.44. The van der Waals surface area contributed by atoms with E-state index in [2.05, 4.69) is 12.2 Å². The van der Waals surface area contributed by atoms with E-state index in [0.717, 1.165) is 19.3 Å². The Labute approximate surface area is 132 Å². The molecule has 6 nitrogen and oxygen atoms in total. The number of aliphatic carboxylic acids is 1. The van der Waals surface area contributed by atoms with Crippen molar-refractivity contribution in [2.45, 2.75) is 76.5 Å². The second-order valence-corrected chi connectivity index (χ2v) is 7.80. The Balaban J connectivity index is 1.99. The highest BCUT2D eigenvalue weighted by Crippen LogP contribution is 2.39. The fourth-order valence-electron chi connectivity index (χ4n) is 3.40. The van der Waals surface area contributed by atoms with Gasteiger partial charge in [0.2, 0.25) is 0 Å². The Morgan fingerprint density at radius 2 is 1.82 bits per heavy atom. The predicted molar refractivity (Wildman–Crippen MR) is 82.8 cm³/mol. The molecule has 0 bridgehead atoms. The van der Waals surface area contributed by atoms with E-state index in [1.54, 1.807) is 4.90 Å². The summed E-state index contributed by atoms with van der Waals surface area (Å²) in [4.78, 5) is 24.9. The Morgan fingerprint density at radius 3 is 2.18 bits per heavy atom. The maximum absolute atomic E-state index is 12.1. The summed E-state index contributed by atoms with van der Waals surface area (Å²) in [5, 5.41) is 12.8. The molecule has 6 heteroatoms. The van der Waals surface area contributed by atoms with Crippen LogP contribution in [0.1, 0.15) is 59.8 Å². The van der Waals surface area contributed by atoms with Crippen LogP contribution in [-0.4, -0.2) is 51.8 Å². The second kappa shape index (κ2) is 5.72. The lowest BCUT2D eigenvalue weighted by atomic mass is 9.71. The van der Waals surface area contributed by atoms with Gasteiger partial charge >= 0.3 is 12.1 Å². The lowest BCUT2D eigenvalue weighted by Crippen LogP contribution is -2.76. The van der Waals surface area contributed by atoms with Gasteiger partial charge in [0, 0.05) is 18.6 Å². The topological polar surface area (TPSA) is 78.9 Å². The number of hydrogen-bond donors (Lipinski definition) is 2.